The van der Waals surface area contributed by atoms with Crippen LogP contribution in [0.25, 0.3) is 0 Å². The van der Waals surface area contributed by atoms with E-state index in [4.69, 9.17) is 10.3 Å². The molecule has 1 aromatic rings. The molecule has 1 aromatic heterocycles. The van der Waals surface area contributed by atoms with Gasteiger partial charge in [-0.2, -0.15) is 16.7 Å². The third-order valence-electron chi connectivity index (χ3n) is 3.19. The summed E-state index contributed by atoms with van der Waals surface area (Å²) in [5, 5.41) is 4.10. The number of hydrogen-bond acceptors (Lipinski definition) is 6. The van der Waals surface area contributed by atoms with Gasteiger partial charge >= 0.3 is 0 Å². The van der Waals surface area contributed by atoms with E-state index in [2.05, 4.69) is 35.9 Å². The van der Waals surface area contributed by atoms with E-state index in [1.165, 1.54) is 5.75 Å². The first-order valence-electron chi connectivity index (χ1n) is 6.45. The molecule has 2 atom stereocenters. The first kappa shape index (κ1) is 13.8. The Morgan fingerprint density at radius 2 is 2.33 bits per heavy atom. The largest absolute Gasteiger partial charge is 0.338 e. The SMILES string of the molecule is CC(C)CC(N)c1nc(C2CSCCN2C)no1. The maximum absolute atomic E-state index is 6.06. The first-order chi connectivity index (χ1) is 8.58. The molecule has 0 amide bonds. The third kappa shape index (κ3) is 3.24. The zero-order valence-electron chi connectivity index (χ0n) is 11.3. The molecule has 1 aliphatic heterocycles. The van der Waals surface area contributed by atoms with Gasteiger partial charge in [0, 0.05) is 18.1 Å². The number of rotatable bonds is 4. The highest BCUT2D eigenvalue weighted by Gasteiger charge is 2.27. The van der Waals surface area contributed by atoms with Crippen LogP contribution in [-0.4, -0.2) is 40.1 Å². The standard InChI is InChI=1S/C12H22N4OS/c1-8(2)6-9(13)12-14-11(15-17-12)10-7-18-5-4-16(10)3/h8-10H,4-7,13H2,1-3H3. The summed E-state index contributed by atoms with van der Waals surface area (Å²) in [4.78, 5) is 6.76. The molecule has 1 aliphatic rings. The van der Waals surface area contributed by atoms with E-state index in [9.17, 15) is 0 Å². The first-order valence-corrected chi connectivity index (χ1v) is 7.60. The van der Waals surface area contributed by atoms with E-state index < -0.39 is 0 Å². The van der Waals surface area contributed by atoms with Gasteiger partial charge < -0.3 is 10.3 Å². The molecule has 0 spiro atoms. The van der Waals surface area contributed by atoms with Crippen molar-refractivity contribution >= 4 is 11.8 Å². The Kier molecular flexibility index (Phi) is 4.64. The van der Waals surface area contributed by atoms with Crippen LogP contribution in [0, 0.1) is 5.92 Å². The Bertz CT molecular complexity index is 382. The highest BCUT2D eigenvalue weighted by atomic mass is 32.2. The van der Waals surface area contributed by atoms with Gasteiger partial charge in [-0.05, 0) is 19.4 Å². The van der Waals surface area contributed by atoms with E-state index in [1.54, 1.807) is 0 Å². The highest BCUT2D eigenvalue weighted by molar-refractivity contribution is 7.99. The van der Waals surface area contributed by atoms with Gasteiger partial charge in [-0.15, -0.1) is 0 Å². The van der Waals surface area contributed by atoms with Crippen LogP contribution in [0.1, 0.15) is 44.1 Å². The number of hydrogen-bond donors (Lipinski definition) is 1. The molecule has 102 valence electrons. The lowest BCUT2D eigenvalue weighted by molar-refractivity contribution is 0.255. The fraction of sp³-hybridized carbons (Fsp3) is 0.833. The molecule has 2 unspecified atom stereocenters. The normalized spacial score (nSPS) is 23.5. The molecule has 0 bridgehead atoms. The van der Waals surface area contributed by atoms with Crippen LogP contribution in [0.3, 0.4) is 0 Å². The molecule has 0 saturated carbocycles. The monoisotopic (exact) mass is 270 g/mol. The van der Waals surface area contributed by atoms with Crippen LogP contribution < -0.4 is 5.73 Å². The van der Waals surface area contributed by atoms with Crippen LogP contribution in [-0.2, 0) is 0 Å². The topological polar surface area (TPSA) is 68.2 Å². The van der Waals surface area contributed by atoms with Gasteiger partial charge in [-0.25, -0.2) is 0 Å². The summed E-state index contributed by atoms with van der Waals surface area (Å²) >= 11 is 1.94. The average molecular weight is 270 g/mol. The van der Waals surface area contributed by atoms with Gasteiger partial charge in [0.05, 0.1) is 12.1 Å². The maximum Gasteiger partial charge on any atom is 0.243 e. The Balaban J connectivity index is 2.05. The number of thioether (sulfide) groups is 1. The van der Waals surface area contributed by atoms with E-state index >= 15 is 0 Å². The van der Waals surface area contributed by atoms with Gasteiger partial charge in [0.15, 0.2) is 5.82 Å². The molecule has 6 heteroatoms. The predicted octanol–water partition coefficient (Wildman–Crippen LogP) is 1.84. The van der Waals surface area contributed by atoms with Crippen LogP contribution in [0.4, 0.5) is 0 Å². The minimum atomic E-state index is -0.146. The minimum absolute atomic E-state index is 0.146. The second kappa shape index (κ2) is 6.04. The molecular formula is C12H22N4OS. The molecule has 0 aliphatic carbocycles. The number of aromatic nitrogens is 2. The fourth-order valence-electron chi connectivity index (χ4n) is 2.10. The zero-order chi connectivity index (χ0) is 13.1. The molecule has 0 aromatic carbocycles. The van der Waals surface area contributed by atoms with Gasteiger partial charge in [-0.3, -0.25) is 4.90 Å². The van der Waals surface area contributed by atoms with E-state index in [0.717, 1.165) is 24.5 Å². The molecule has 5 nitrogen and oxygen atoms in total. The van der Waals surface area contributed by atoms with E-state index in [0.29, 0.717) is 11.8 Å². The molecule has 18 heavy (non-hydrogen) atoms. The molecule has 2 heterocycles. The molecular weight excluding hydrogens is 248 g/mol. The second-order valence-electron chi connectivity index (χ2n) is 5.30. The van der Waals surface area contributed by atoms with Crippen LogP contribution in [0.2, 0.25) is 0 Å². The molecule has 0 radical (unpaired) electrons. The summed E-state index contributed by atoms with van der Waals surface area (Å²) in [7, 11) is 2.11. The van der Waals surface area contributed by atoms with Gasteiger partial charge in [-0.1, -0.05) is 19.0 Å². The number of nitrogens with two attached hydrogens (primary N) is 1. The van der Waals surface area contributed by atoms with Crippen molar-refractivity contribution in [2.45, 2.75) is 32.4 Å². The summed E-state index contributed by atoms with van der Waals surface area (Å²) in [6.07, 6.45) is 0.872. The van der Waals surface area contributed by atoms with Gasteiger partial charge in [0.25, 0.3) is 0 Å². The minimum Gasteiger partial charge on any atom is -0.338 e. The maximum atomic E-state index is 6.06. The van der Waals surface area contributed by atoms with Crippen LogP contribution in [0.5, 0.6) is 0 Å². The lowest BCUT2D eigenvalue weighted by atomic mass is 10.0. The van der Waals surface area contributed by atoms with Crippen LogP contribution >= 0.6 is 11.8 Å². The van der Waals surface area contributed by atoms with Crippen molar-refractivity contribution in [3.63, 3.8) is 0 Å². The van der Waals surface area contributed by atoms with E-state index in [1.807, 2.05) is 11.8 Å². The fourth-order valence-corrected chi connectivity index (χ4v) is 3.31. The van der Waals surface area contributed by atoms with Crippen molar-refractivity contribution < 1.29 is 4.52 Å². The van der Waals surface area contributed by atoms with Crippen molar-refractivity contribution in [1.82, 2.24) is 15.0 Å². The van der Waals surface area contributed by atoms with Crippen molar-refractivity contribution in [2.75, 3.05) is 25.1 Å². The molecule has 1 fully saturated rings. The predicted molar refractivity (Wildman–Crippen MR) is 73.4 cm³/mol. The highest BCUT2D eigenvalue weighted by Crippen LogP contribution is 2.27. The summed E-state index contributed by atoms with van der Waals surface area (Å²) in [5.74, 6) is 4.07. The Labute approximate surface area is 112 Å². The summed E-state index contributed by atoms with van der Waals surface area (Å²) in [6, 6.07) is 0.111. The average Bonchev–Trinajstić information content (AvgIpc) is 2.78. The summed E-state index contributed by atoms with van der Waals surface area (Å²) in [6.45, 7) is 5.35. The van der Waals surface area contributed by atoms with Crippen molar-refractivity contribution in [1.29, 1.82) is 0 Å². The summed E-state index contributed by atoms with van der Waals surface area (Å²) in [5.41, 5.74) is 6.06. The second-order valence-corrected chi connectivity index (χ2v) is 6.45. The Morgan fingerprint density at radius 1 is 1.56 bits per heavy atom. The van der Waals surface area contributed by atoms with Crippen LogP contribution in [0.15, 0.2) is 4.52 Å². The molecule has 2 rings (SSSR count). The van der Waals surface area contributed by atoms with Crippen molar-refractivity contribution in [3.8, 4) is 0 Å². The molecule has 1 saturated heterocycles. The third-order valence-corrected chi connectivity index (χ3v) is 4.22. The van der Waals surface area contributed by atoms with Crippen molar-refractivity contribution in [2.24, 2.45) is 11.7 Å². The Morgan fingerprint density at radius 3 is 3.00 bits per heavy atom. The smallest absolute Gasteiger partial charge is 0.243 e. The van der Waals surface area contributed by atoms with Gasteiger partial charge in [0.1, 0.15) is 0 Å². The molecule has 2 N–H and O–H groups in total. The number of nitrogens with zero attached hydrogens (tertiary/aromatic N) is 3. The zero-order valence-corrected chi connectivity index (χ0v) is 12.1. The Hall–Kier alpha value is -0.590. The van der Waals surface area contributed by atoms with E-state index in [-0.39, 0.29) is 12.1 Å². The summed E-state index contributed by atoms with van der Waals surface area (Å²) < 4.78 is 5.31. The lowest BCUT2D eigenvalue weighted by Crippen LogP contribution is -2.33. The van der Waals surface area contributed by atoms with Gasteiger partial charge in [0.2, 0.25) is 5.89 Å². The quantitative estimate of drug-likeness (QED) is 0.900. The lowest BCUT2D eigenvalue weighted by Gasteiger charge is -2.29. The van der Waals surface area contributed by atoms with Crippen molar-refractivity contribution in [3.05, 3.63) is 11.7 Å².